The molecule has 2 aromatic rings. The minimum absolute atomic E-state index is 0.0430. The Labute approximate surface area is 125 Å². The maximum Gasteiger partial charge on any atom is 0.0674 e. The van der Waals surface area contributed by atoms with Gasteiger partial charge in [-0.1, -0.05) is 56.3 Å². The molecule has 1 heterocycles. The summed E-state index contributed by atoms with van der Waals surface area (Å²) in [7, 11) is 0. The third kappa shape index (κ3) is 2.20. The molecule has 0 atom stereocenters. The van der Waals surface area contributed by atoms with Crippen LogP contribution in [0.2, 0.25) is 0 Å². The van der Waals surface area contributed by atoms with E-state index >= 15 is 0 Å². The summed E-state index contributed by atoms with van der Waals surface area (Å²) in [5.74, 6) is 0. The van der Waals surface area contributed by atoms with Crippen molar-refractivity contribution >= 4 is 30.1 Å². The second-order valence-electron chi connectivity index (χ2n) is 5.53. The fourth-order valence-electron chi connectivity index (χ4n) is 2.55. The van der Waals surface area contributed by atoms with Gasteiger partial charge < -0.3 is 0 Å². The highest BCUT2D eigenvalue weighted by Gasteiger charge is 2.32. The van der Waals surface area contributed by atoms with Gasteiger partial charge in [-0.15, -0.1) is 12.6 Å². The lowest BCUT2D eigenvalue weighted by Gasteiger charge is -2.20. The van der Waals surface area contributed by atoms with Crippen molar-refractivity contribution in [3.63, 3.8) is 0 Å². The lowest BCUT2D eigenvalue weighted by Crippen LogP contribution is -2.23. The first kappa shape index (κ1) is 13.2. The Morgan fingerprint density at radius 1 is 0.950 bits per heavy atom. The zero-order valence-electron chi connectivity index (χ0n) is 11.7. The van der Waals surface area contributed by atoms with Gasteiger partial charge in [-0.25, -0.2) is 0 Å². The first-order valence-corrected chi connectivity index (χ1v) is 7.18. The standard InChI is InChI=1S/C18H17NS/c1-18(2)14-8-4-5-9-15(14)19-17(18)12-11-13-7-3-6-10-16(13)20/h3-12,20H,1-2H3. The Morgan fingerprint density at radius 3 is 2.40 bits per heavy atom. The van der Waals surface area contributed by atoms with Crippen molar-refractivity contribution in [2.75, 3.05) is 0 Å². The molecule has 0 N–H and O–H groups in total. The normalized spacial score (nSPS) is 16.2. The van der Waals surface area contributed by atoms with Gasteiger partial charge in [0.2, 0.25) is 0 Å². The van der Waals surface area contributed by atoms with Crippen LogP contribution in [-0.2, 0) is 5.41 Å². The van der Waals surface area contributed by atoms with Gasteiger partial charge in [-0.2, -0.15) is 0 Å². The molecule has 0 saturated carbocycles. The molecule has 0 unspecified atom stereocenters. The summed E-state index contributed by atoms with van der Waals surface area (Å²) < 4.78 is 0. The number of aliphatic imine (C=N–C) groups is 1. The summed E-state index contributed by atoms with van der Waals surface area (Å²) >= 11 is 4.48. The van der Waals surface area contributed by atoms with Gasteiger partial charge in [-0.3, -0.25) is 4.99 Å². The van der Waals surface area contributed by atoms with Crippen LogP contribution in [0.25, 0.3) is 6.08 Å². The van der Waals surface area contributed by atoms with Crippen LogP contribution in [0.3, 0.4) is 0 Å². The van der Waals surface area contributed by atoms with E-state index in [0.717, 1.165) is 21.9 Å². The molecular formula is C18H17NS. The largest absolute Gasteiger partial charge is 0.252 e. The van der Waals surface area contributed by atoms with Crippen molar-refractivity contribution in [1.29, 1.82) is 0 Å². The minimum atomic E-state index is -0.0430. The van der Waals surface area contributed by atoms with Gasteiger partial charge in [0.1, 0.15) is 0 Å². The Morgan fingerprint density at radius 2 is 1.65 bits per heavy atom. The summed E-state index contributed by atoms with van der Waals surface area (Å²) in [4.78, 5) is 5.74. The average molecular weight is 279 g/mol. The molecular weight excluding hydrogens is 262 g/mol. The Balaban J connectivity index is 1.96. The van der Waals surface area contributed by atoms with Crippen LogP contribution in [0.4, 0.5) is 5.69 Å². The summed E-state index contributed by atoms with van der Waals surface area (Å²) in [6, 6.07) is 16.4. The molecule has 0 fully saturated rings. The maximum absolute atomic E-state index is 4.75. The van der Waals surface area contributed by atoms with Crippen LogP contribution in [0.1, 0.15) is 25.0 Å². The Hall–Kier alpha value is -1.80. The van der Waals surface area contributed by atoms with E-state index in [-0.39, 0.29) is 5.41 Å². The molecule has 1 aliphatic rings. The highest BCUT2D eigenvalue weighted by atomic mass is 32.1. The number of hydrogen-bond donors (Lipinski definition) is 1. The maximum atomic E-state index is 4.75. The van der Waals surface area contributed by atoms with Crippen LogP contribution in [0.5, 0.6) is 0 Å². The number of thiol groups is 1. The lowest BCUT2D eigenvalue weighted by molar-refractivity contribution is 0.740. The molecule has 20 heavy (non-hydrogen) atoms. The van der Waals surface area contributed by atoms with Gasteiger partial charge in [0.25, 0.3) is 0 Å². The van der Waals surface area contributed by atoms with Gasteiger partial charge in [-0.05, 0) is 29.3 Å². The van der Waals surface area contributed by atoms with Crippen molar-refractivity contribution < 1.29 is 0 Å². The number of benzene rings is 2. The number of hydrogen-bond acceptors (Lipinski definition) is 2. The molecule has 1 nitrogen and oxygen atoms in total. The smallest absolute Gasteiger partial charge is 0.0674 e. The monoisotopic (exact) mass is 279 g/mol. The molecule has 0 bridgehead atoms. The van der Waals surface area contributed by atoms with E-state index in [4.69, 9.17) is 4.99 Å². The molecule has 0 aliphatic carbocycles. The van der Waals surface area contributed by atoms with Crippen molar-refractivity contribution in [1.82, 2.24) is 0 Å². The zero-order chi connectivity index (χ0) is 14.2. The van der Waals surface area contributed by atoms with E-state index in [1.807, 2.05) is 24.3 Å². The number of nitrogens with zero attached hydrogens (tertiary/aromatic N) is 1. The van der Waals surface area contributed by atoms with Gasteiger partial charge in [0, 0.05) is 10.3 Å². The topological polar surface area (TPSA) is 12.4 Å². The summed E-state index contributed by atoms with van der Waals surface area (Å²) in [6.45, 7) is 4.43. The lowest BCUT2D eigenvalue weighted by atomic mass is 9.81. The third-order valence-electron chi connectivity index (χ3n) is 3.82. The van der Waals surface area contributed by atoms with E-state index in [1.165, 1.54) is 5.56 Å². The Bertz CT molecular complexity index is 711. The van der Waals surface area contributed by atoms with Gasteiger partial charge in [0.05, 0.1) is 11.4 Å². The van der Waals surface area contributed by atoms with E-state index < -0.39 is 0 Å². The molecule has 0 aromatic heterocycles. The van der Waals surface area contributed by atoms with Crippen LogP contribution in [-0.4, -0.2) is 5.71 Å². The highest BCUT2D eigenvalue weighted by Crippen LogP contribution is 2.40. The first-order valence-electron chi connectivity index (χ1n) is 6.74. The number of fused-ring (bicyclic) bond motifs is 1. The molecule has 0 amide bonds. The summed E-state index contributed by atoms with van der Waals surface area (Å²) in [5, 5.41) is 0. The number of rotatable bonds is 2. The molecule has 0 saturated heterocycles. The molecule has 3 rings (SSSR count). The molecule has 0 radical (unpaired) electrons. The summed E-state index contributed by atoms with van der Waals surface area (Å²) in [5.41, 5.74) is 4.54. The third-order valence-corrected chi connectivity index (χ3v) is 4.22. The van der Waals surface area contributed by atoms with Crippen molar-refractivity contribution in [3.8, 4) is 0 Å². The van der Waals surface area contributed by atoms with E-state index in [1.54, 1.807) is 0 Å². The van der Waals surface area contributed by atoms with Crippen LogP contribution >= 0.6 is 12.6 Å². The molecule has 1 aliphatic heterocycles. The van der Waals surface area contributed by atoms with Crippen LogP contribution < -0.4 is 0 Å². The number of para-hydroxylation sites is 1. The predicted octanol–water partition coefficient (Wildman–Crippen LogP) is 5.05. The SMILES string of the molecule is CC1(C)C(C=Cc2ccccc2S)=Nc2ccccc21. The summed E-state index contributed by atoms with van der Waals surface area (Å²) in [6.07, 6.45) is 4.20. The molecule has 100 valence electrons. The van der Waals surface area contributed by atoms with Crippen LogP contribution in [0.15, 0.2) is 64.5 Å². The number of allylic oxidation sites excluding steroid dienone is 1. The second kappa shape index (κ2) is 4.95. The van der Waals surface area contributed by atoms with Crippen LogP contribution in [0, 0.1) is 0 Å². The van der Waals surface area contributed by atoms with E-state index in [0.29, 0.717) is 0 Å². The zero-order valence-corrected chi connectivity index (χ0v) is 12.6. The van der Waals surface area contributed by atoms with E-state index in [9.17, 15) is 0 Å². The van der Waals surface area contributed by atoms with Crippen molar-refractivity contribution in [2.45, 2.75) is 24.2 Å². The first-order chi connectivity index (χ1) is 9.59. The van der Waals surface area contributed by atoms with E-state index in [2.05, 4.69) is 62.9 Å². The fraction of sp³-hybridized carbons (Fsp3) is 0.167. The Kier molecular flexibility index (Phi) is 3.27. The van der Waals surface area contributed by atoms with Crippen molar-refractivity contribution in [3.05, 3.63) is 65.7 Å². The predicted molar refractivity (Wildman–Crippen MR) is 89.3 cm³/mol. The minimum Gasteiger partial charge on any atom is -0.252 e. The highest BCUT2D eigenvalue weighted by molar-refractivity contribution is 7.80. The van der Waals surface area contributed by atoms with Gasteiger partial charge in [0.15, 0.2) is 0 Å². The fourth-order valence-corrected chi connectivity index (χ4v) is 2.79. The molecule has 2 aromatic carbocycles. The molecule has 0 spiro atoms. The average Bonchev–Trinajstić information content (AvgIpc) is 2.70. The van der Waals surface area contributed by atoms with Gasteiger partial charge >= 0.3 is 0 Å². The second-order valence-corrected chi connectivity index (χ2v) is 6.01. The van der Waals surface area contributed by atoms with Crippen molar-refractivity contribution in [2.24, 2.45) is 4.99 Å². The quantitative estimate of drug-likeness (QED) is 0.738. The molecule has 2 heteroatoms.